The molecule has 0 saturated carbocycles. The number of carbonyl (C=O) groups is 3. The Bertz CT molecular complexity index is 1390. The van der Waals surface area contributed by atoms with Gasteiger partial charge in [0.25, 0.3) is 5.56 Å². The number of hydrogen-bond acceptors (Lipinski definition) is 9. The summed E-state index contributed by atoms with van der Waals surface area (Å²) in [5.74, 6) is -1.96. The average Bonchev–Trinajstić information content (AvgIpc) is 2.97. The summed E-state index contributed by atoms with van der Waals surface area (Å²) >= 11 is 0. The lowest BCUT2D eigenvalue weighted by Crippen LogP contribution is -2.55. The summed E-state index contributed by atoms with van der Waals surface area (Å²) in [4.78, 5) is 58.7. The van der Waals surface area contributed by atoms with Gasteiger partial charge >= 0.3 is 18.2 Å². The van der Waals surface area contributed by atoms with E-state index >= 15 is 0 Å². The first-order chi connectivity index (χ1) is 19.3. The van der Waals surface area contributed by atoms with Crippen LogP contribution in [0.4, 0.5) is 9.59 Å². The highest BCUT2D eigenvalue weighted by Crippen LogP contribution is 2.32. The Morgan fingerprint density at radius 2 is 1.52 bits per heavy atom. The molecule has 4 rings (SSSR count). The Morgan fingerprint density at radius 3 is 2.10 bits per heavy atom. The van der Waals surface area contributed by atoms with Crippen LogP contribution >= 0.6 is 0 Å². The molecule has 40 heavy (non-hydrogen) atoms. The molecule has 1 aliphatic heterocycles. The number of amides is 2. The lowest BCUT2D eigenvalue weighted by atomic mass is 9.86. The number of hydrogen-bond donors (Lipinski definition) is 3. The lowest BCUT2D eigenvalue weighted by molar-refractivity contribution is 0.0512. The molecule has 3 aromatic rings. The van der Waals surface area contributed by atoms with Crippen LogP contribution in [0, 0.1) is 0 Å². The standard InChI is InChI=1S/C28H30N4O8/c1-2-38-24(35)21-22(33)23(34)30-25(29-21)28(31-26(36)39-17-19-9-5-3-6-10-19)13-15-32(16-14-28)27(37)40-18-20-11-7-4-8-12-20/h3-12,33H,2,13-18H2,1H3,(H,31,36)(H,29,30,34). The fourth-order valence-corrected chi connectivity index (χ4v) is 4.29. The minimum atomic E-state index is -1.34. The van der Waals surface area contributed by atoms with Gasteiger partial charge in [0.15, 0.2) is 5.69 Å². The van der Waals surface area contributed by atoms with Gasteiger partial charge in [0.1, 0.15) is 24.6 Å². The lowest BCUT2D eigenvalue weighted by Gasteiger charge is -2.40. The molecule has 12 nitrogen and oxygen atoms in total. The zero-order valence-corrected chi connectivity index (χ0v) is 21.9. The number of rotatable bonds is 8. The highest BCUT2D eigenvalue weighted by atomic mass is 16.6. The molecule has 0 radical (unpaired) electrons. The first kappa shape index (κ1) is 28.1. The molecule has 1 aliphatic rings. The molecule has 0 bridgehead atoms. The van der Waals surface area contributed by atoms with Crippen LogP contribution in [-0.2, 0) is 33.0 Å². The maximum atomic E-state index is 12.9. The molecule has 2 heterocycles. The SMILES string of the molecule is CCOC(=O)c1nc(C2(NC(=O)OCc3ccccc3)CCN(C(=O)OCc3ccccc3)CC2)[nH]c(=O)c1O. The molecular formula is C28H30N4O8. The molecule has 0 atom stereocenters. The van der Waals surface area contributed by atoms with Crippen molar-refractivity contribution in [1.82, 2.24) is 20.2 Å². The van der Waals surface area contributed by atoms with Crippen molar-refractivity contribution >= 4 is 18.2 Å². The minimum Gasteiger partial charge on any atom is -0.501 e. The Kier molecular flexibility index (Phi) is 9.00. The number of ether oxygens (including phenoxy) is 3. The van der Waals surface area contributed by atoms with E-state index in [1.165, 1.54) is 4.90 Å². The van der Waals surface area contributed by atoms with E-state index in [-0.39, 0.29) is 51.6 Å². The highest BCUT2D eigenvalue weighted by Gasteiger charge is 2.43. The van der Waals surface area contributed by atoms with Crippen molar-refractivity contribution in [1.29, 1.82) is 0 Å². The second-order valence-corrected chi connectivity index (χ2v) is 9.13. The van der Waals surface area contributed by atoms with E-state index in [0.717, 1.165) is 11.1 Å². The van der Waals surface area contributed by atoms with Crippen LogP contribution < -0.4 is 10.9 Å². The van der Waals surface area contributed by atoms with Crippen molar-refractivity contribution in [3.05, 3.63) is 93.7 Å². The summed E-state index contributed by atoms with van der Waals surface area (Å²) < 4.78 is 15.7. The summed E-state index contributed by atoms with van der Waals surface area (Å²) in [6, 6.07) is 18.3. The van der Waals surface area contributed by atoms with E-state index < -0.39 is 40.7 Å². The van der Waals surface area contributed by atoms with Crippen molar-refractivity contribution in [3.8, 4) is 5.75 Å². The molecule has 210 valence electrons. The van der Waals surface area contributed by atoms with E-state index in [1.807, 2.05) is 48.5 Å². The number of aromatic nitrogens is 2. The predicted octanol–water partition coefficient (Wildman–Crippen LogP) is 3.21. The third-order valence-corrected chi connectivity index (χ3v) is 6.45. The largest absolute Gasteiger partial charge is 0.501 e. The molecule has 1 aromatic heterocycles. The van der Waals surface area contributed by atoms with Gasteiger partial charge in [0.05, 0.1) is 6.61 Å². The molecule has 2 aromatic carbocycles. The molecule has 0 aliphatic carbocycles. The number of carbonyl (C=O) groups excluding carboxylic acids is 3. The van der Waals surface area contributed by atoms with Crippen LogP contribution in [0.2, 0.25) is 0 Å². The van der Waals surface area contributed by atoms with Gasteiger partial charge in [-0.3, -0.25) is 4.79 Å². The second kappa shape index (κ2) is 12.8. The molecular weight excluding hydrogens is 520 g/mol. The van der Waals surface area contributed by atoms with Crippen molar-refractivity contribution in [3.63, 3.8) is 0 Å². The smallest absolute Gasteiger partial charge is 0.410 e. The summed E-state index contributed by atoms with van der Waals surface area (Å²) in [6.07, 6.45) is -1.13. The predicted molar refractivity (Wildman–Crippen MR) is 141 cm³/mol. The highest BCUT2D eigenvalue weighted by molar-refractivity contribution is 5.90. The van der Waals surface area contributed by atoms with Gasteiger partial charge in [0, 0.05) is 13.1 Å². The quantitative estimate of drug-likeness (QED) is 0.283. The summed E-state index contributed by atoms with van der Waals surface area (Å²) in [6.45, 7) is 1.92. The fraction of sp³-hybridized carbons (Fsp3) is 0.321. The number of nitrogens with one attached hydrogen (secondary N) is 2. The number of benzene rings is 2. The fourth-order valence-electron chi connectivity index (χ4n) is 4.29. The van der Waals surface area contributed by atoms with Crippen LogP contribution in [0.3, 0.4) is 0 Å². The number of nitrogens with zero attached hydrogens (tertiary/aromatic N) is 2. The molecule has 2 amide bonds. The second-order valence-electron chi connectivity index (χ2n) is 9.13. The van der Waals surface area contributed by atoms with Gasteiger partial charge in [-0.25, -0.2) is 19.4 Å². The van der Waals surface area contributed by atoms with Gasteiger partial charge in [0.2, 0.25) is 5.75 Å². The van der Waals surface area contributed by atoms with E-state index in [2.05, 4.69) is 15.3 Å². The van der Waals surface area contributed by atoms with Crippen molar-refractivity contribution in [2.45, 2.75) is 38.5 Å². The first-order valence-electron chi connectivity index (χ1n) is 12.8. The van der Waals surface area contributed by atoms with Gasteiger partial charge in [-0.2, -0.15) is 0 Å². The summed E-state index contributed by atoms with van der Waals surface area (Å²) in [5.41, 5.74) is -1.29. The Balaban J connectivity index is 1.54. The Hall–Kier alpha value is -4.87. The molecule has 12 heteroatoms. The number of esters is 1. The number of likely N-dealkylation sites (tertiary alicyclic amines) is 1. The third-order valence-electron chi connectivity index (χ3n) is 6.45. The zero-order valence-electron chi connectivity index (χ0n) is 21.9. The monoisotopic (exact) mass is 550 g/mol. The molecule has 1 fully saturated rings. The minimum absolute atomic E-state index is 0.00264. The van der Waals surface area contributed by atoms with Crippen LogP contribution in [0.5, 0.6) is 5.75 Å². The molecule has 1 saturated heterocycles. The van der Waals surface area contributed by atoms with Gasteiger partial charge in [-0.1, -0.05) is 60.7 Å². The molecule has 0 spiro atoms. The van der Waals surface area contributed by atoms with E-state index in [0.29, 0.717) is 0 Å². The van der Waals surface area contributed by atoms with Gasteiger partial charge in [-0.15, -0.1) is 0 Å². The molecule has 0 unspecified atom stereocenters. The van der Waals surface area contributed by atoms with Crippen molar-refractivity contribution < 1.29 is 33.7 Å². The van der Waals surface area contributed by atoms with E-state index in [4.69, 9.17) is 14.2 Å². The summed E-state index contributed by atoms with van der Waals surface area (Å²) in [7, 11) is 0. The topological polar surface area (TPSA) is 160 Å². The Morgan fingerprint density at radius 1 is 0.950 bits per heavy atom. The first-order valence-corrected chi connectivity index (χ1v) is 12.8. The zero-order chi connectivity index (χ0) is 28.5. The van der Waals surface area contributed by atoms with E-state index in [9.17, 15) is 24.3 Å². The Labute approximate surface area is 229 Å². The maximum Gasteiger partial charge on any atom is 0.410 e. The van der Waals surface area contributed by atoms with Crippen molar-refractivity contribution in [2.75, 3.05) is 19.7 Å². The van der Waals surface area contributed by atoms with Crippen LogP contribution in [0.25, 0.3) is 0 Å². The van der Waals surface area contributed by atoms with Gasteiger partial charge in [-0.05, 0) is 30.9 Å². The summed E-state index contributed by atoms with van der Waals surface area (Å²) in [5, 5.41) is 12.9. The van der Waals surface area contributed by atoms with Crippen LogP contribution in [0.15, 0.2) is 65.5 Å². The third kappa shape index (κ3) is 6.76. The number of alkyl carbamates (subject to hydrolysis) is 1. The van der Waals surface area contributed by atoms with Crippen LogP contribution in [-0.4, -0.2) is 57.8 Å². The number of H-pyrrole nitrogens is 1. The average molecular weight is 551 g/mol. The van der Waals surface area contributed by atoms with Crippen molar-refractivity contribution in [2.24, 2.45) is 0 Å². The van der Waals surface area contributed by atoms with Crippen LogP contribution in [0.1, 0.15) is 47.2 Å². The normalized spacial score (nSPS) is 14.2. The number of aromatic amines is 1. The number of piperidine rings is 1. The maximum absolute atomic E-state index is 12.9. The van der Waals surface area contributed by atoms with Gasteiger partial charge < -0.3 is 34.5 Å². The van der Waals surface area contributed by atoms with E-state index in [1.54, 1.807) is 19.1 Å². The number of aromatic hydroxyl groups is 1. The molecule has 3 N–H and O–H groups in total.